The standard InChI is InChI=1S/C26H26F3N3S/c1-19(22-13-8-16-30-18-22)31-25(33)32-23-15-14-21(24(17-23)26(27,28)29)12-7-3-6-11-20-9-4-2-5-10-20/h2,4-5,8-10,13-18H,1,3,6-7,11-12H2,(H2,31,32,33). The molecule has 3 rings (SSSR count). The topological polar surface area (TPSA) is 37.0 Å². The molecule has 1 aromatic heterocycles. The molecule has 7 heteroatoms. The Morgan fingerprint density at radius 1 is 0.939 bits per heavy atom. The number of benzene rings is 2. The molecule has 2 N–H and O–H groups in total. The van der Waals surface area contributed by atoms with Crippen LogP contribution in [0.25, 0.3) is 5.70 Å². The summed E-state index contributed by atoms with van der Waals surface area (Å²) >= 11 is 5.24. The minimum atomic E-state index is -4.44. The Kier molecular flexibility index (Phi) is 8.60. The van der Waals surface area contributed by atoms with Gasteiger partial charge in [-0.1, -0.05) is 49.4 Å². The average molecular weight is 470 g/mol. The molecule has 2 aromatic carbocycles. The summed E-state index contributed by atoms with van der Waals surface area (Å²) in [5.41, 5.74) is 2.42. The number of nitrogens with zero attached hydrogens (tertiary/aromatic N) is 1. The molecule has 0 aliphatic heterocycles. The number of thiocarbonyl (C=S) groups is 1. The molecule has 0 amide bonds. The van der Waals surface area contributed by atoms with E-state index in [4.69, 9.17) is 12.2 Å². The van der Waals surface area contributed by atoms with Crippen molar-refractivity contribution in [2.75, 3.05) is 5.32 Å². The van der Waals surface area contributed by atoms with Crippen molar-refractivity contribution < 1.29 is 13.2 Å². The molecule has 0 saturated carbocycles. The van der Waals surface area contributed by atoms with E-state index in [1.165, 1.54) is 11.6 Å². The van der Waals surface area contributed by atoms with Gasteiger partial charge >= 0.3 is 6.18 Å². The van der Waals surface area contributed by atoms with Gasteiger partial charge in [-0.05, 0) is 73.3 Å². The fourth-order valence-corrected chi connectivity index (χ4v) is 3.76. The van der Waals surface area contributed by atoms with Gasteiger partial charge in [-0.2, -0.15) is 13.2 Å². The Morgan fingerprint density at radius 3 is 2.39 bits per heavy atom. The highest BCUT2D eigenvalue weighted by Crippen LogP contribution is 2.34. The van der Waals surface area contributed by atoms with Crippen LogP contribution in [0.15, 0.2) is 79.6 Å². The molecule has 3 nitrogen and oxygen atoms in total. The van der Waals surface area contributed by atoms with Crippen molar-refractivity contribution in [3.05, 3.63) is 102 Å². The first-order valence-electron chi connectivity index (χ1n) is 10.7. The maximum atomic E-state index is 13.7. The van der Waals surface area contributed by atoms with Gasteiger partial charge in [0.1, 0.15) is 0 Å². The van der Waals surface area contributed by atoms with Gasteiger partial charge in [0.15, 0.2) is 5.11 Å². The number of anilines is 1. The van der Waals surface area contributed by atoms with Crippen LogP contribution in [-0.2, 0) is 19.0 Å². The maximum absolute atomic E-state index is 13.7. The van der Waals surface area contributed by atoms with E-state index in [1.54, 1.807) is 30.6 Å². The molecular weight excluding hydrogens is 443 g/mol. The molecule has 1 heterocycles. The third kappa shape index (κ3) is 7.71. The number of hydrogen-bond acceptors (Lipinski definition) is 2. The summed E-state index contributed by atoms with van der Waals surface area (Å²) in [6, 6.07) is 17.9. The molecule has 0 aliphatic carbocycles. The van der Waals surface area contributed by atoms with Crippen molar-refractivity contribution in [1.29, 1.82) is 0 Å². The van der Waals surface area contributed by atoms with E-state index in [9.17, 15) is 13.2 Å². The molecule has 0 bridgehead atoms. The van der Waals surface area contributed by atoms with E-state index in [1.807, 2.05) is 18.2 Å². The van der Waals surface area contributed by atoms with Crippen LogP contribution in [0, 0.1) is 0 Å². The molecular formula is C26H26F3N3S. The van der Waals surface area contributed by atoms with Crippen molar-refractivity contribution in [1.82, 2.24) is 10.3 Å². The van der Waals surface area contributed by atoms with Gasteiger partial charge in [-0.25, -0.2) is 0 Å². The van der Waals surface area contributed by atoms with Crippen LogP contribution in [0.1, 0.15) is 41.5 Å². The monoisotopic (exact) mass is 469 g/mol. The minimum Gasteiger partial charge on any atom is -0.332 e. The Hall–Kier alpha value is -3.19. The Morgan fingerprint density at radius 2 is 1.70 bits per heavy atom. The van der Waals surface area contributed by atoms with Crippen molar-refractivity contribution in [2.24, 2.45) is 0 Å². The molecule has 172 valence electrons. The number of alkyl halides is 3. The zero-order chi connectivity index (χ0) is 23.7. The van der Waals surface area contributed by atoms with Crippen LogP contribution < -0.4 is 10.6 Å². The van der Waals surface area contributed by atoms with Crippen LogP contribution in [0.2, 0.25) is 0 Å². The lowest BCUT2D eigenvalue weighted by molar-refractivity contribution is -0.138. The summed E-state index contributed by atoms with van der Waals surface area (Å²) in [7, 11) is 0. The molecule has 0 atom stereocenters. The number of nitrogens with one attached hydrogen (secondary N) is 2. The van der Waals surface area contributed by atoms with Gasteiger partial charge in [0.25, 0.3) is 0 Å². The molecule has 0 aliphatic rings. The molecule has 3 aromatic rings. The first-order chi connectivity index (χ1) is 15.8. The van der Waals surface area contributed by atoms with E-state index in [0.717, 1.165) is 30.9 Å². The van der Waals surface area contributed by atoms with E-state index < -0.39 is 11.7 Å². The smallest absolute Gasteiger partial charge is 0.332 e. The van der Waals surface area contributed by atoms with Gasteiger partial charge in [-0.15, -0.1) is 0 Å². The molecule has 0 fully saturated rings. The Labute approximate surface area is 197 Å². The third-order valence-electron chi connectivity index (χ3n) is 5.20. The minimum absolute atomic E-state index is 0.158. The summed E-state index contributed by atoms with van der Waals surface area (Å²) in [6.45, 7) is 3.89. The highest BCUT2D eigenvalue weighted by molar-refractivity contribution is 7.80. The van der Waals surface area contributed by atoms with Gasteiger partial charge in [0.05, 0.1) is 5.56 Å². The Bertz CT molecular complexity index is 1070. The first kappa shape index (κ1) is 24.5. The molecule has 33 heavy (non-hydrogen) atoms. The molecule has 0 unspecified atom stereocenters. The number of pyridine rings is 1. The largest absolute Gasteiger partial charge is 0.416 e. The quantitative estimate of drug-likeness (QED) is 0.261. The number of unbranched alkanes of at least 4 members (excludes halogenated alkanes) is 2. The van der Waals surface area contributed by atoms with Gasteiger partial charge in [0, 0.05) is 29.3 Å². The summed E-state index contributed by atoms with van der Waals surface area (Å²) in [4.78, 5) is 4.01. The highest BCUT2D eigenvalue weighted by atomic mass is 32.1. The lowest BCUT2D eigenvalue weighted by Gasteiger charge is -2.17. The van der Waals surface area contributed by atoms with Gasteiger partial charge in [0.2, 0.25) is 0 Å². The summed E-state index contributed by atoms with van der Waals surface area (Å²) in [5, 5.41) is 5.86. The van der Waals surface area contributed by atoms with Crippen molar-refractivity contribution in [3.63, 3.8) is 0 Å². The van der Waals surface area contributed by atoms with Gasteiger partial charge in [-0.3, -0.25) is 4.98 Å². The molecule has 0 saturated heterocycles. The fraction of sp³-hybridized carbons (Fsp3) is 0.231. The Balaban J connectivity index is 1.57. The number of aryl methyl sites for hydroxylation is 2. The van der Waals surface area contributed by atoms with Crippen LogP contribution in [0.4, 0.5) is 18.9 Å². The SMILES string of the molecule is C=C(NC(=S)Nc1ccc(CCCCCc2ccccc2)c(C(F)(F)F)c1)c1cccnc1. The number of aromatic nitrogens is 1. The van der Waals surface area contributed by atoms with Crippen LogP contribution in [0.3, 0.4) is 0 Å². The molecule has 0 radical (unpaired) electrons. The lowest BCUT2D eigenvalue weighted by Crippen LogP contribution is -2.27. The predicted octanol–water partition coefficient (Wildman–Crippen LogP) is 7.01. The van der Waals surface area contributed by atoms with E-state index in [2.05, 4.69) is 34.3 Å². The maximum Gasteiger partial charge on any atom is 0.416 e. The number of rotatable bonds is 9. The predicted molar refractivity (Wildman–Crippen MR) is 132 cm³/mol. The lowest BCUT2D eigenvalue weighted by atomic mass is 9.99. The normalized spacial score (nSPS) is 11.1. The highest BCUT2D eigenvalue weighted by Gasteiger charge is 2.33. The van der Waals surface area contributed by atoms with Crippen molar-refractivity contribution in [2.45, 2.75) is 38.3 Å². The first-order valence-corrected chi connectivity index (χ1v) is 11.1. The summed E-state index contributed by atoms with van der Waals surface area (Å²) < 4.78 is 41.1. The van der Waals surface area contributed by atoms with E-state index in [-0.39, 0.29) is 10.8 Å². The third-order valence-corrected chi connectivity index (χ3v) is 5.41. The average Bonchev–Trinajstić information content (AvgIpc) is 2.80. The summed E-state index contributed by atoms with van der Waals surface area (Å²) in [5.74, 6) is 0. The second kappa shape index (κ2) is 11.6. The van der Waals surface area contributed by atoms with Crippen LogP contribution in [0.5, 0.6) is 0 Å². The number of hydrogen-bond donors (Lipinski definition) is 2. The second-order valence-electron chi connectivity index (χ2n) is 7.72. The van der Waals surface area contributed by atoms with Gasteiger partial charge < -0.3 is 10.6 Å². The zero-order valence-electron chi connectivity index (χ0n) is 18.2. The number of halogens is 3. The summed E-state index contributed by atoms with van der Waals surface area (Å²) in [6.07, 6.45) is 2.65. The fourth-order valence-electron chi connectivity index (χ4n) is 3.51. The van der Waals surface area contributed by atoms with Crippen molar-refractivity contribution >= 4 is 28.7 Å². The van der Waals surface area contributed by atoms with E-state index >= 15 is 0 Å². The zero-order valence-corrected chi connectivity index (χ0v) is 19.0. The van der Waals surface area contributed by atoms with Crippen LogP contribution >= 0.6 is 12.2 Å². The van der Waals surface area contributed by atoms with E-state index in [0.29, 0.717) is 24.1 Å². The second-order valence-corrected chi connectivity index (χ2v) is 8.12. The van der Waals surface area contributed by atoms with Crippen LogP contribution in [-0.4, -0.2) is 10.1 Å². The molecule has 0 spiro atoms. The van der Waals surface area contributed by atoms with Crippen molar-refractivity contribution in [3.8, 4) is 0 Å².